The van der Waals surface area contributed by atoms with Gasteiger partial charge in [-0.3, -0.25) is 14.9 Å². The maximum atomic E-state index is 12.2. The number of non-ortho nitro benzene ring substituents is 1. The van der Waals surface area contributed by atoms with E-state index in [1.807, 2.05) is 19.9 Å². The maximum absolute atomic E-state index is 12.2. The Kier molecular flexibility index (Phi) is 3.49. The molecule has 3 rings (SSSR count). The van der Waals surface area contributed by atoms with Gasteiger partial charge in [0, 0.05) is 12.1 Å². The van der Waals surface area contributed by atoms with Crippen molar-refractivity contribution in [2.24, 2.45) is 0 Å². The van der Waals surface area contributed by atoms with Crippen LogP contribution in [0.4, 0.5) is 5.69 Å². The fourth-order valence-corrected chi connectivity index (χ4v) is 2.80. The number of ether oxygens (including phenoxy) is 1. The number of nitro benzene ring substituents is 1. The van der Waals surface area contributed by atoms with Crippen molar-refractivity contribution in [1.82, 2.24) is 5.32 Å². The number of carbonyl (C=O) groups is 1. The monoisotopic (exact) mass is 332 g/mol. The largest absolute Gasteiger partial charge is 0.455 e. The first kappa shape index (κ1) is 15.3. The summed E-state index contributed by atoms with van der Waals surface area (Å²) in [6.07, 6.45) is 0. The zero-order chi connectivity index (χ0) is 16.8. The zero-order valence-corrected chi connectivity index (χ0v) is 13.2. The Morgan fingerprint density at radius 2 is 1.96 bits per heavy atom. The van der Waals surface area contributed by atoms with Crippen LogP contribution in [0, 0.1) is 10.1 Å². The Bertz CT molecular complexity index is 833. The highest BCUT2D eigenvalue weighted by Crippen LogP contribution is 2.39. The second-order valence-electron chi connectivity index (χ2n) is 5.73. The van der Waals surface area contributed by atoms with Crippen LogP contribution >= 0.6 is 11.6 Å². The van der Waals surface area contributed by atoms with Gasteiger partial charge < -0.3 is 10.1 Å². The number of amides is 1. The lowest BCUT2D eigenvalue weighted by atomic mass is 9.94. The van der Waals surface area contributed by atoms with Crippen molar-refractivity contribution in [2.45, 2.75) is 19.4 Å². The van der Waals surface area contributed by atoms with E-state index in [1.54, 1.807) is 12.1 Å². The molecule has 0 spiro atoms. The smallest absolute Gasteiger partial charge is 0.271 e. The lowest BCUT2D eigenvalue weighted by Gasteiger charge is -2.19. The van der Waals surface area contributed by atoms with Gasteiger partial charge in [0.05, 0.1) is 21.0 Å². The van der Waals surface area contributed by atoms with E-state index in [-0.39, 0.29) is 22.4 Å². The topological polar surface area (TPSA) is 81.5 Å². The van der Waals surface area contributed by atoms with Crippen LogP contribution in [0.1, 0.15) is 29.8 Å². The summed E-state index contributed by atoms with van der Waals surface area (Å²) in [6.45, 7) is 3.80. The van der Waals surface area contributed by atoms with E-state index in [2.05, 4.69) is 5.32 Å². The third-order valence-electron chi connectivity index (χ3n) is 3.70. The van der Waals surface area contributed by atoms with Gasteiger partial charge in [0.25, 0.3) is 11.6 Å². The van der Waals surface area contributed by atoms with Gasteiger partial charge in [0.1, 0.15) is 11.5 Å². The van der Waals surface area contributed by atoms with Gasteiger partial charge >= 0.3 is 0 Å². The summed E-state index contributed by atoms with van der Waals surface area (Å²) >= 11 is 6.04. The van der Waals surface area contributed by atoms with E-state index in [9.17, 15) is 14.9 Å². The molecule has 1 amide bonds. The normalized spacial score (nSPS) is 15.0. The number of benzene rings is 2. The Balaban J connectivity index is 2.01. The maximum Gasteiger partial charge on any atom is 0.271 e. The molecule has 1 N–H and O–H groups in total. The summed E-state index contributed by atoms with van der Waals surface area (Å²) in [7, 11) is 0. The third kappa shape index (κ3) is 2.61. The van der Waals surface area contributed by atoms with Gasteiger partial charge in [0.15, 0.2) is 0 Å². The predicted molar refractivity (Wildman–Crippen MR) is 85.1 cm³/mol. The summed E-state index contributed by atoms with van der Waals surface area (Å²) in [5.41, 5.74) is 0.676. The van der Waals surface area contributed by atoms with Crippen molar-refractivity contribution >= 4 is 23.2 Å². The lowest BCUT2D eigenvalue weighted by Crippen LogP contribution is -2.32. The van der Waals surface area contributed by atoms with E-state index in [0.29, 0.717) is 11.3 Å². The predicted octanol–water partition coefficient (Wildman–Crippen LogP) is 4.02. The van der Waals surface area contributed by atoms with Crippen LogP contribution in [-0.2, 0) is 5.54 Å². The van der Waals surface area contributed by atoms with Crippen LogP contribution in [0.2, 0.25) is 5.02 Å². The first-order valence-electron chi connectivity index (χ1n) is 6.87. The van der Waals surface area contributed by atoms with Gasteiger partial charge in [-0.15, -0.1) is 0 Å². The second-order valence-corrected chi connectivity index (χ2v) is 6.14. The summed E-state index contributed by atoms with van der Waals surface area (Å²) in [5, 5.41) is 13.7. The highest BCUT2D eigenvalue weighted by Gasteiger charge is 2.37. The Hall–Kier alpha value is -2.60. The standard InChI is InChI=1S/C16H13ClN2O4/c1-16(2)10-4-3-5-13(14(10)15(20)18-16)23-12-7-6-9(19(21)22)8-11(12)17/h3-8H,1-2H3,(H,18,20). The highest BCUT2D eigenvalue weighted by molar-refractivity contribution is 6.32. The quantitative estimate of drug-likeness (QED) is 0.680. The zero-order valence-electron chi connectivity index (χ0n) is 12.4. The molecule has 0 bridgehead atoms. The number of nitro groups is 1. The number of hydrogen-bond acceptors (Lipinski definition) is 4. The molecular formula is C16H13ClN2O4. The molecule has 7 heteroatoms. The number of nitrogens with one attached hydrogen (secondary N) is 1. The van der Waals surface area contributed by atoms with Gasteiger partial charge in [-0.25, -0.2) is 0 Å². The number of carbonyl (C=O) groups excluding carboxylic acids is 1. The first-order valence-corrected chi connectivity index (χ1v) is 7.25. The minimum Gasteiger partial charge on any atom is -0.455 e. The van der Waals surface area contributed by atoms with Crippen LogP contribution in [0.25, 0.3) is 0 Å². The molecule has 0 radical (unpaired) electrons. The molecule has 1 aliphatic heterocycles. The summed E-state index contributed by atoms with van der Waals surface area (Å²) in [5.74, 6) is 0.392. The molecule has 0 unspecified atom stereocenters. The summed E-state index contributed by atoms with van der Waals surface area (Å²) in [6, 6.07) is 9.24. The molecule has 0 fully saturated rings. The van der Waals surface area contributed by atoms with Crippen LogP contribution in [0.5, 0.6) is 11.5 Å². The Morgan fingerprint density at radius 3 is 2.61 bits per heavy atom. The van der Waals surface area contributed by atoms with Crippen molar-refractivity contribution in [3.8, 4) is 11.5 Å². The molecule has 0 saturated heterocycles. The average Bonchev–Trinajstić information content (AvgIpc) is 2.71. The number of nitrogens with zero attached hydrogens (tertiary/aromatic N) is 1. The average molecular weight is 333 g/mol. The first-order chi connectivity index (χ1) is 10.8. The molecule has 0 atom stereocenters. The molecule has 1 heterocycles. The number of fused-ring (bicyclic) bond motifs is 1. The molecule has 0 aromatic heterocycles. The molecule has 1 aliphatic rings. The minimum absolute atomic E-state index is 0.106. The molecule has 0 saturated carbocycles. The Morgan fingerprint density at radius 1 is 1.22 bits per heavy atom. The molecule has 2 aromatic rings. The number of rotatable bonds is 3. The van der Waals surface area contributed by atoms with Crippen LogP contribution in [0.3, 0.4) is 0 Å². The van der Waals surface area contributed by atoms with E-state index < -0.39 is 10.5 Å². The van der Waals surface area contributed by atoms with E-state index in [0.717, 1.165) is 5.56 Å². The van der Waals surface area contributed by atoms with Gasteiger partial charge in [-0.05, 0) is 31.5 Å². The molecular weight excluding hydrogens is 320 g/mol. The number of halogens is 1. The second kappa shape index (κ2) is 5.24. The molecule has 6 nitrogen and oxygen atoms in total. The Labute approximate surface area is 137 Å². The molecule has 2 aromatic carbocycles. The summed E-state index contributed by atoms with van der Waals surface area (Å²) in [4.78, 5) is 22.4. The number of hydrogen-bond donors (Lipinski definition) is 1. The van der Waals surface area contributed by atoms with Gasteiger partial charge in [0.2, 0.25) is 0 Å². The van der Waals surface area contributed by atoms with Crippen molar-refractivity contribution in [3.05, 3.63) is 62.7 Å². The highest BCUT2D eigenvalue weighted by atomic mass is 35.5. The molecule has 0 aliphatic carbocycles. The van der Waals surface area contributed by atoms with Crippen LogP contribution in [0.15, 0.2) is 36.4 Å². The minimum atomic E-state index is -0.536. The van der Waals surface area contributed by atoms with Crippen molar-refractivity contribution in [1.29, 1.82) is 0 Å². The van der Waals surface area contributed by atoms with Crippen molar-refractivity contribution in [2.75, 3.05) is 0 Å². The van der Waals surface area contributed by atoms with Gasteiger partial charge in [-0.2, -0.15) is 0 Å². The summed E-state index contributed by atoms with van der Waals surface area (Å²) < 4.78 is 5.74. The van der Waals surface area contributed by atoms with E-state index in [1.165, 1.54) is 18.2 Å². The van der Waals surface area contributed by atoms with E-state index >= 15 is 0 Å². The van der Waals surface area contributed by atoms with Crippen molar-refractivity contribution < 1.29 is 14.5 Å². The van der Waals surface area contributed by atoms with E-state index in [4.69, 9.17) is 16.3 Å². The van der Waals surface area contributed by atoms with Crippen LogP contribution < -0.4 is 10.1 Å². The SMILES string of the molecule is CC1(C)NC(=O)c2c(Oc3ccc([N+](=O)[O-])cc3Cl)cccc21. The molecule has 118 valence electrons. The van der Waals surface area contributed by atoms with Crippen molar-refractivity contribution in [3.63, 3.8) is 0 Å². The van der Waals surface area contributed by atoms with Gasteiger partial charge in [-0.1, -0.05) is 23.7 Å². The third-order valence-corrected chi connectivity index (χ3v) is 3.99. The molecule has 23 heavy (non-hydrogen) atoms. The fraction of sp³-hybridized carbons (Fsp3) is 0.188. The van der Waals surface area contributed by atoms with Crippen LogP contribution in [-0.4, -0.2) is 10.8 Å². The lowest BCUT2D eigenvalue weighted by molar-refractivity contribution is -0.384. The fourth-order valence-electron chi connectivity index (χ4n) is 2.59.